The highest BCUT2D eigenvalue weighted by atomic mass is 127. The number of nitrogens with one attached hydrogen (secondary N) is 2. The first-order valence-electron chi connectivity index (χ1n) is 14.9. The molecule has 12 heteroatoms. The smallest absolute Gasteiger partial charge is 0.359 e. The average Bonchev–Trinajstić information content (AvgIpc) is 3.02. The van der Waals surface area contributed by atoms with Gasteiger partial charge in [0.25, 0.3) is 0 Å². The van der Waals surface area contributed by atoms with Gasteiger partial charge in [0, 0.05) is 34.9 Å². The molecule has 3 aromatic carbocycles. The number of phenols is 1. The van der Waals surface area contributed by atoms with E-state index in [1.54, 1.807) is 42.5 Å². The van der Waals surface area contributed by atoms with E-state index >= 15 is 0 Å². The van der Waals surface area contributed by atoms with Crippen LogP contribution < -0.4 is 15.7 Å². The van der Waals surface area contributed by atoms with Gasteiger partial charge in [0.15, 0.2) is 0 Å². The van der Waals surface area contributed by atoms with Crippen LogP contribution >= 0.6 is 22.6 Å². The third-order valence-corrected chi connectivity index (χ3v) is 7.33. The molecule has 0 unspecified atom stereocenters. The Hall–Kier alpha value is -3.27. The lowest BCUT2D eigenvalue weighted by Crippen LogP contribution is -2.36. The Morgan fingerprint density at radius 2 is 1.71 bits per heavy atom. The molecule has 1 atom stereocenters. The number of aliphatic hydroxyl groups is 2. The highest BCUT2D eigenvalue weighted by Gasteiger charge is 2.20. The number of hydroxylamine groups is 1. The SMILES string of the molecule is CC(=O)ON(C(=O)Nc1cccc(I)c1)c1cccc(COCCOCCCCCCNC[C@@H](O)c2ccc(O)c(CO)c2)c1. The minimum Gasteiger partial charge on any atom is -0.508 e. The minimum absolute atomic E-state index is 0.0208. The Labute approximate surface area is 277 Å². The van der Waals surface area contributed by atoms with E-state index in [0.717, 1.165) is 46.4 Å². The molecule has 3 aromatic rings. The molecule has 0 aliphatic rings. The van der Waals surface area contributed by atoms with Crippen LogP contribution in [0.15, 0.2) is 66.7 Å². The van der Waals surface area contributed by atoms with Crippen molar-refractivity contribution in [2.75, 3.05) is 43.3 Å². The molecule has 0 aliphatic heterocycles. The van der Waals surface area contributed by atoms with Gasteiger partial charge in [-0.05, 0) is 95.6 Å². The van der Waals surface area contributed by atoms with Crippen molar-refractivity contribution in [2.45, 2.75) is 51.9 Å². The molecule has 0 saturated heterocycles. The number of nitrogens with zero attached hydrogens (tertiary/aromatic N) is 1. The maximum atomic E-state index is 12.9. The first-order chi connectivity index (χ1) is 21.8. The van der Waals surface area contributed by atoms with Crippen molar-refractivity contribution in [1.29, 1.82) is 0 Å². The predicted octanol–water partition coefficient (Wildman–Crippen LogP) is 5.42. The van der Waals surface area contributed by atoms with Gasteiger partial charge in [-0.3, -0.25) is 0 Å². The third-order valence-electron chi connectivity index (χ3n) is 6.65. The fourth-order valence-corrected chi connectivity index (χ4v) is 4.91. The zero-order valence-corrected chi connectivity index (χ0v) is 27.6. The highest BCUT2D eigenvalue weighted by molar-refractivity contribution is 14.1. The second-order valence-electron chi connectivity index (χ2n) is 10.3. The molecule has 2 amide bonds. The number of hydrogen-bond acceptors (Lipinski definition) is 9. The van der Waals surface area contributed by atoms with Gasteiger partial charge in [0.1, 0.15) is 5.75 Å². The molecular weight excluding hydrogens is 693 g/mol. The molecule has 0 spiro atoms. The number of benzene rings is 3. The van der Waals surface area contributed by atoms with Gasteiger partial charge in [0.2, 0.25) is 0 Å². The van der Waals surface area contributed by atoms with E-state index in [2.05, 4.69) is 33.2 Å². The standard InChI is InChI=1S/C33H42IN3O8/c1-24(39)45-37(33(42)36-29-10-7-9-28(34)20-29)30-11-6-8-25(18-30)23-44-17-16-43-15-5-3-2-4-14-35-21-32(41)26-12-13-31(40)27(19-26)22-38/h6-13,18-20,32,35,38,40-41H,2-5,14-17,21-23H2,1H3,(H,36,42)/t32-/m1/s1. The maximum Gasteiger partial charge on any atom is 0.359 e. The summed E-state index contributed by atoms with van der Waals surface area (Å²) in [5.41, 5.74) is 2.84. The topological polar surface area (TPSA) is 150 Å². The van der Waals surface area contributed by atoms with Gasteiger partial charge in [-0.2, -0.15) is 0 Å². The van der Waals surface area contributed by atoms with Crippen molar-refractivity contribution >= 4 is 46.0 Å². The molecule has 0 radical (unpaired) electrons. The fraction of sp³-hybridized carbons (Fsp3) is 0.394. The quantitative estimate of drug-likeness (QED) is 0.0656. The molecule has 0 heterocycles. The largest absolute Gasteiger partial charge is 0.508 e. The summed E-state index contributed by atoms with van der Waals surface area (Å²) in [5.74, 6) is -0.601. The van der Waals surface area contributed by atoms with Crippen LogP contribution in [0.5, 0.6) is 5.75 Å². The summed E-state index contributed by atoms with van der Waals surface area (Å²) in [6.07, 6.45) is 3.29. The van der Waals surface area contributed by atoms with Gasteiger partial charge < -0.3 is 40.3 Å². The van der Waals surface area contributed by atoms with Crippen molar-refractivity contribution in [3.05, 3.63) is 87.0 Å². The number of ether oxygens (including phenoxy) is 2. The monoisotopic (exact) mass is 735 g/mol. The van der Waals surface area contributed by atoms with Crippen LogP contribution in [-0.2, 0) is 32.3 Å². The molecule has 0 fully saturated rings. The number of unbranched alkanes of at least 4 members (excludes halogenated alkanes) is 3. The molecule has 244 valence electrons. The van der Waals surface area contributed by atoms with Crippen LogP contribution in [0.25, 0.3) is 0 Å². The summed E-state index contributed by atoms with van der Waals surface area (Å²) < 4.78 is 12.4. The molecular formula is C33H42IN3O8. The van der Waals surface area contributed by atoms with E-state index in [1.165, 1.54) is 13.0 Å². The van der Waals surface area contributed by atoms with Crippen molar-refractivity contribution in [3.63, 3.8) is 0 Å². The molecule has 3 rings (SSSR count). The van der Waals surface area contributed by atoms with Crippen LogP contribution in [0.3, 0.4) is 0 Å². The van der Waals surface area contributed by atoms with E-state index in [1.807, 2.05) is 18.2 Å². The summed E-state index contributed by atoms with van der Waals surface area (Å²) in [4.78, 5) is 29.8. The molecule has 5 N–H and O–H groups in total. The zero-order chi connectivity index (χ0) is 32.4. The van der Waals surface area contributed by atoms with Crippen LogP contribution in [0.4, 0.5) is 16.2 Å². The van der Waals surface area contributed by atoms with Crippen molar-refractivity contribution in [3.8, 4) is 5.75 Å². The summed E-state index contributed by atoms with van der Waals surface area (Å²) >= 11 is 2.15. The Morgan fingerprint density at radius 3 is 2.49 bits per heavy atom. The Morgan fingerprint density at radius 1 is 0.933 bits per heavy atom. The van der Waals surface area contributed by atoms with Crippen LogP contribution in [-0.4, -0.2) is 60.2 Å². The van der Waals surface area contributed by atoms with Gasteiger partial charge in [-0.1, -0.05) is 37.1 Å². The van der Waals surface area contributed by atoms with Gasteiger partial charge in [-0.15, -0.1) is 5.06 Å². The van der Waals surface area contributed by atoms with Gasteiger partial charge in [0.05, 0.1) is 38.2 Å². The lowest BCUT2D eigenvalue weighted by atomic mass is 10.1. The van der Waals surface area contributed by atoms with Gasteiger partial charge in [-0.25, -0.2) is 9.59 Å². The average molecular weight is 736 g/mol. The zero-order valence-electron chi connectivity index (χ0n) is 25.4. The van der Waals surface area contributed by atoms with Crippen LogP contribution in [0, 0.1) is 3.57 Å². The summed E-state index contributed by atoms with van der Waals surface area (Å²) in [6.45, 7) is 3.98. The molecule has 0 aliphatic carbocycles. The second-order valence-corrected chi connectivity index (χ2v) is 11.6. The van der Waals surface area contributed by atoms with Crippen molar-refractivity contribution < 1.29 is 39.2 Å². The summed E-state index contributed by atoms with van der Waals surface area (Å²) in [5, 5.41) is 36.1. The number of hydrogen-bond donors (Lipinski definition) is 5. The van der Waals surface area contributed by atoms with Crippen LogP contribution in [0.1, 0.15) is 55.4 Å². The van der Waals surface area contributed by atoms with Gasteiger partial charge >= 0.3 is 12.0 Å². The first-order valence-corrected chi connectivity index (χ1v) is 16.0. The number of rotatable bonds is 18. The number of aliphatic hydroxyl groups excluding tert-OH is 2. The molecule has 0 saturated carbocycles. The summed E-state index contributed by atoms with van der Waals surface area (Å²) in [7, 11) is 0. The number of carbonyl (C=O) groups is 2. The maximum absolute atomic E-state index is 12.9. The number of anilines is 2. The van der Waals surface area contributed by atoms with E-state index in [4.69, 9.17) is 14.3 Å². The number of halogens is 1. The number of amides is 2. The molecule has 0 aromatic heterocycles. The van der Waals surface area contributed by atoms with Crippen LogP contribution in [0.2, 0.25) is 0 Å². The minimum atomic E-state index is -0.707. The summed E-state index contributed by atoms with van der Waals surface area (Å²) in [6, 6.07) is 18.5. The predicted molar refractivity (Wildman–Crippen MR) is 180 cm³/mol. The second kappa shape index (κ2) is 20.0. The molecule has 45 heavy (non-hydrogen) atoms. The highest BCUT2D eigenvalue weighted by Crippen LogP contribution is 2.23. The Kier molecular flexibility index (Phi) is 16.1. The van der Waals surface area contributed by atoms with E-state index in [-0.39, 0.29) is 12.4 Å². The molecule has 11 nitrogen and oxygen atoms in total. The lowest BCUT2D eigenvalue weighted by molar-refractivity contribution is -0.141. The van der Waals surface area contributed by atoms with E-state index in [9.17, 15) is 24.9 Å². The third kappa shape index (κ3) is 13.3. The Balaban J connectivity index is 1.26. The Bertz CT molecular complexity index is 1360. The van der Waals surface area contributed by atoms with E-state index in [0.29, 0.717) is 55.5 Å². The fourth-order valence-electron chi connectivity index (χ4n) is 4.37. The molecule has 0 bridgehead atoms. The number of aromatic hydroxyl groups is 1. The van der Waals surface area contributed by atoms with Crippen molar-refractivity contribution in [1.82, 2.24) is 5.32 Å². The normalized spacial score (nSPS) is 11.6. The number of urea groups is 1. The first kappa shape index (κ1) is 36.2. The lowest BCUT2D eigenvalue weighted by Gasteiger charge is -2.21. The van der Waals surface area contributed by atoms with Crippen molar-refractivity contribution in [2.24, 2.45) is 0 Å². The number of carbonyl (C=O) groups excluding carboxylic acids is 2. The van der Waals surface area contributed by atoms with E-state index < -0.39 is 18.1 Å².